The number of hydrogen-bond donors (Lipinski definition) is 1. The molecule has 9 nitrogen and oxygen atoms in total. The van der Waals surface area contributed by atoms with Gasteiger partial charge in [0.1, 0.15) is 5.82 Å². The SMILES string of the molecule is Cc1ccc(S(C)(=O)=O)cc1NC(=O)Cc1cc2nc(-c3cccc(N4C[C@@H](C)O[C@@H](C)C4)n3)ccc2cn1. The van der Waals surface area contributed by atoms with Crippen molar-refractivity contribution in [1.82, 2.24) is 15.0 Å². The molecule has 202 valence electrons. The lowest BCUT2D eigenvalue weighted by molar-refractivity contribution is -0.115. The van der Waals surface area contributed by atoms with Gasteiger partial charge in [-0.15, -0.1) is 0 Å². The maximum absolute atomic E-state index is 12.8. The van der Waals surface area contributed by atoms with Crippen molar-refractivity contribution in [2.75, 3.05) is 29.6 Å². The van der Waals surface area contributed by atoms with Crippen molar-refractivity contribution in [2.24, 2.45) is 0 Å². The van der Waals surface area contributed by atoms with Crippen LogP contribution in [0.4, 0.5) is 11.5 Å². The Bertz CT molecular complexity index is 1650. The molecule has 1 aliphatic rings. The van der Waals surface area contributed by atoms with Crippen molar-refractivity contribution in [3.05, 3.63) is 72.1 Å². The maximum atomic E-state index is 12.8. The summed E-state index contributed by atoms with van der Waals surface area (Å²) in [6.45, 7) is 7.50. The van der Waals surface area contributed by atoms with Gasteiger partial charge in [-0.1, -0.05) is 12.1 Å². The number of morpholine rings is 1. The van der Waals surface area contributed by atoms with E-state index >= 15 is 0 Å². The summed E-state index contributed by atoms with van der Waals surface area (Å²) in [5, 5.41) is 3.67. The third kappa shape index (κ3) is 6.23. The molecule has 0 saturated carbocycles. The van der Waals surface area contributed by atoms with Gasteiger partial charge in [-0.25, -0.2) is 18.4 Å². The fourth-order valence-corrected chi connectivity index (χ4v) is 5.38. The molecule has 1 fully saturated rings. The number of sulfone groups is 1. The van der Waals surface area contributed by atoms with E-state index in [1.54, 1.807) is 18.3 Å². The summed E-state index contributed by atoms with van der Waals surface area (Å²) in [6, 6.07) is 16.3. The molecule has 39 heavy (non-hydrogen) atoms. The van der Waals surface area contributed by atoms with Gasteiger partial charge in [-0.05, 0) is 68.8 Å². The summed E-state index contributed by atoms with van der Waals surface area (Å²) in [5.74, 6) is 0.591. The number of rotatable bonds is 6. The van der Waals surface area contributed by atoms with Crippen LogP contribution in [-0.2, 0) is 25.8 Å². The fourth-order valence-electron chi connectivity index (χ4n) is 4.73. The number of amides is 1. The van der Waals surface area contributed by atoms with E-state index in [0.29, 0.717) is 16.9 Å². The lowest BCUT2D eigenvalue weighted by Crippen LogP contribution is -2.45. The van der Waals surface area contributed by atoms with E-state index in [-0.39, 0.29) is 29.4 Å². The zero-order chi connectivity index (χ0) is 27.7. The smallest absolute Gasteiger partial charge is 0.230 e. The first-order valence-electron chi connectivity index (χ1n) is 12.8. The number of anilines is 2. The Morgan fingerprint density at radius 3 is 2.51 bits per heavy atom. The van der Waals surface area contributed by atoms with Gasteiger partial charge < -0.3 is 15.0 Å². The molecule has 5 rings (SSSR count). The maximum Gasteiger partial charge on any atom is 0.230 e. The number of carbonyl (C=O) groups excluding carboxylic acids is 1. The Morgan fingerprint density at radius 1 is 1.03 bits per heavy atom. The van der Waals surface area contributed by atoms with E-state index in [0.717, 1.165) is 47.5 Å². The minimum Gasteiger partial charge on any atom is -0.372 e. The van der Waals surface area contributed by atoms with Gasteiger partial charge in [0.25, 0.3) is 0 Å². The topological polar surface area (TPSA) is 114 Å². The van der Waals surface area contributed by atoms with Gasteiger partial charge in [0.05, 0.1) is 46.1 Å². The number of nitrogens with one attached hydrogen (secondary N) is 1. The number of benzene rings is 1. The molecular formula is C29H31N5O4S. The number of ether oxygens (including phenoxy) is 1. The average Bonchev–Trinajstić information content (AvgIpc) is 2.88. The molecule has 1 aliphatic heterocycles. The minimum absolute atomic E-state index is 0.0194. The number of fused-ring (bicyclic) bond motifs is 1. The third-order valence-electron chi connectivity index (χ3n) is 6.62. The summed E-state index contributed by atoms with van der Waals surface area (Å²) in [4.78, 5) is 29.3. The number of aromatic nitrogens is 3. The molecule has 1 saturated heterocycles. The van der Waals surface area contributed by atoms with E-state index in [2.05, 4.69) is 29.0 Å². The van der Waals surface area contributed by atoms with Crippen LogP contribution in [-0.4, -0.2) is 60.8 Å². The summed E-state index contributed by atoms with van der Waals surface area (Å²) in [5.41, 5.74) is 3.98. The number of hydrogen-bond acceptors (Lipinski definition) is 8. The summed E-state index contributed by atoms with van der Waals surface area (Å²) < 4.78 is 29.7. The van der Waals surface area contributed by atoms with E-state index in [4.69, 9.17) is 14.7 Å². The van der Waals surface area contributed by atoms with E-state index in [1.165, 1.54) is 12.1 Å². The van der Waals surface area contributed by atoms with Crippen molar-refractivity contribution in [2.45, 2.75) is 44.3 Å². The summed E-state index contributed by atoms with van der Waals surface area (Å²) >= 11 is 0. The Balaban J connectivity index is 1.36. The molecule has 4 aromatic rings. The van der Waals surface area contributed by atoms with Gasteiger partial charge >= 0.3 is 0 Å². The van der Waals surface area contributed by atoms with Gasteiger partial charge in [-0.2, -0.15) is 0 Å². The normalized spacial score (nSPS) is 17.8. The molecule has 0 bridgehead atoms. The predicted molar refractivity (Wildman–Crippen MR) is 152 cm³/mol. The lowest BCUT2D eigenvalue weighted by atomic mass is 10.1. The monoisotopic (exact) mass is 545 g/mol. The van der Waals surface area contributed by atoms with Crippen LogP contribution in [0.3, 0.4) is 0 Å². The van der Waals surface area contributed by atoms with Crippen LogP contribution >= 0.6 is 0 Å². The van der Waals surface area contributed by atoms with Gasteiger partial charge in [0, 0.05) is 36.6 Å². The zero-order valence-electron chi connectivity index (χ0n) is 22.4. The third-order valence-corrected chi connectivity index (χ3v) is 7.73. The van der Waals surface area contributed by atoms with Crippen molar-refractivity contribution in [3.8, 4) is 11.4 Å². The molecule has 3 aromatic heterocycles. The largest absolute Gasteiger partial charge is 0.372 e. The molecule has 4 heterocycles. The zero-order valence-corrected chi connectivity index (χ0v) is 23.2. The van der Waals surface area contributed by atoms with Crippen molar-refractivity contribution in [3.63, 3.8) is 0 Å². The van der Waals surface area contributed by atoms with Crippen LogP contribution in [0.1, 0.15) is 25.1 Å². The molecule has 1 amide bonds. The summed E-state index contributed by atoms with van der Waals surface area (Å²) in [7, 11) is -3.39. The van der Waals surface area contributed by atoms with Gasteiger partial charge in [0.15, 0.2) is 9.84 Å². The summed E-state index contributed by atoms with van der Waals surface area (Å²) in [6.07, 6.45) is 3.12. The van der Waals surface area contributed by atoms with Crippen LogP contribution in [0.5, 0.6) is 0 Å². The first kappa shape index (κ1) is 26.7. The van der Waals surface area contributed by atoms with Gasteiger partial charge in [-0.3, -0.25) is 9.78 Å². The molecule has 10 heteroatoms. The van der Waals surface area contributed by atoms with Crippen LogP contribution in [0.15, 0.2) is 65.7 Å². The van der Waals surface area contributed by atoms with Crippen LogP contribution in [0.25, 0.3) is 22.3 Å². The number of nitrogens with zero attached hydrogens (tertiary/aromatic N) is 4. The molecule has 0 spiro atoms. The van der Waals surface area contributed by atoms with Crippen molar-refractivity contribution < 1.29 is 17.9 Å². The Kier molecular flexibility index (Phi) is 7.33. The van der Waals surface area contributed by atoms with E-state index in [1.807, 2.05) is 37.3 Å². The predicted octanol–water partition coefficient (Wildman–Crippen LogP) is 4.20. The van der Waals surface area contributed by atoms with Crippen molar-refractivity contribution in [1.29, 1.82) is 0 Å². The second kappa shape index (κ2) is 10.7. The standard InChI is InChI=1S/C29H31N5O4S/c1-18-8-10-23(39(4,36)37)14-26(18)33-29(35)13-22-12-27-21(15-30-22)9-11-25(31-27)24-6-5-7-28(32-24)34-16-19(2)38-20(3)17-34/h5-12,14-15,19-20H,13,16-17H2,1-4H3,(H,33,35)/t19-,20+. The number of carbonyl (C=O) groups is 1. The Labute approximate surface area is 228 Å². The van der Waals surface area contributed by atoms with E-state index < -0.39 is 9.84 Å². The Hall–Kier alpha value is -3.89. The highest BCUT2D eigenvalue weighted by molar-refractivity contribution is 7.90. The fraction of sp³-hybridized carbons (Fsp3) is 0.310. The molecule has 0 radical (unpaired) electrons. The number of pyridine rings is 3. The van der Waals surface area contributed by atoms with Crippen LogP contribution in [0, 0.1) is 6.92 Å². The molecule has 1 N–H and O–H groups in total. The molecule has 0 unspecified atom stereocenters. The highest BCUT2D eigenvalue weighted by Crippen LogP contribution is 2.25. The van der Waals surface area contributed by atoms with Crippen LogP contribution < -0.4 is 10.2 Å². The highest BCUT2D eigenvalue weighted by atomic mass is 32.2. The molecular weight excluding hydrogens is 514 g/mol. The quantitative estimate of drug-likeness (QED) is 0.384. The molecule has 1 aromatic carbocycles. The first-order valence-corrected chi connectivity index (χ1v) is 14.7. The second-order valence-electron chi connectivity index (χ2n) is 10.1. The minimum atomic E-state index is -3.39. The average molecular weight is 546 g/mol. The highest BCUT2D eigenvalue weighted by Gasteiger charge is 2.23. The lowest BCUT2D eigenvalue weighted by Gasteiger charge is -2.36. The van der Waals surface area contributed by atoms with Gasteiger partial charge in [0.2, 0.25) is 5.91 Å². The van der Waals surface area contributed by atoms with E-state index in [9.17, 15) is 13.2 Å². The molecule has 0 aliphatic carbocycles. The van der Waals surface area contributed by atoms with Crippen LogP contribution in [0.2, 0.25) is 0 Å². The Morgan fingerprint density at radius 2 is 1.77 bits per heavy atom. The number of aryl methyl sites for hydroxylation is 1. The first-order chi connectivity index (χ1) is 18.5. The second-order valence-corrected chi connectivity index (χ2v) is 12.1. The molecule has 2 atom stereocenters. The van der Waals surface area contributed by atoms with Crippen molar-refractivity contribution >= 4 is 38.2 Å².